The quantitative estimate of drug-likeness (QED) is 0.384. The summed E-state index contributed by atoms with van der Waals surface area (Å²) in [6.07, 6.45) is 5.70. The van der Waals surface area contributed by atoms with Gasteiger partial charge in [0.2, 0.25) is 6.54 Å². The van der Waals surface area contributed by atoms with E-state index < -0.39 is 11.7 Å². The van der Waals surface area contributed by atoms with Gasteiger partial charge in [0.15, 0.2) is 6.10 Å². The highest BCUT2D eigenvalue weighted by Crippen LogP contribution is 2.49. The Morgan fingerprint density at radius 2 is 2.47 bits per heavy atom. The molecular weight excluding hydrogens is 198 g/mol. The average molecular weight is 211 g/mol. The molecule has 0 aromatic rings. The number of rotatable bonds is 2. The van der Waals surface area contributed by atoms with Gasteiger partial charge in [-0.25, -0.2) is 0 Å². The van der Waals surface area contributed by atoms with E-state index in [4.69, 9.17) is 9.47 Å². The van der Waals surface area contributed by atoms with E-state index in [1.165, 1.54) is 0 Å². The van der Waals surface area contributed by atoms with E-state index in [2.05, 4.69) is 0 Å². The smallest absolute Gasteiger partial charge is 0.232 e. The van der Waals surface area contributed by atoms with Crippen molar-refractivity contribution < 1.29 is 14.4 Å². The van der Waals surface area contributed by atoms with Gasteiger partial charge in [-0.1, -0.05) is 12.2 Å². The third-order valence-corrected chi connectivity index (χ3v) is 3.69. The molecule has 3 aliphatic rings. The first-order valence-corrected chi connectivity index (χ1v) is 5.31. The van der Waals surface area contributed by atoms with Crippen LogP contribution in [0, 0.1) is 16.0 Å². The van der Waals surface area contributed by atoms with Crippen LogP contribution in [0.1, 0.15) is 12.8 Å². The minimum Gasteiger partial charge on any atom is -0.368 e. The summed E-state index contributed by atoms with van der Waals surface area (Å²) in [5.41, 5.74) is -0.490. The molecule has 0 aromatic carbocycles. The van der Waals surface area contributed by atoms with Crippen molar-refractivity contribution in [1.82, 2.24) is 0 Å². The molecule has 0 aromatic heterocycles. The molecular formula is C10H13NO4. The Morgan fingerprint density at radius 1 is 1.60 bits per heavy atom. The molecule has 0 saturated carbocycles. The van der Waals surface area contributed by atoms with Gasteiger partial charge in [0.1, 0.15) is 5.60 Å². The third kappa shape index (κ3) is 1.23. The number of ether oxygens (including phenoxy) is 2. The van der Waals surface area contributed by atoms with Crippen LogP contribution >= 0.6 is 0 Å². The van der Waals surface area contributed by atoms with Crippen molar-refractivity contribution in [3.8, 4) is 0 Å². The maximum Gasteiger partial charge on any atom is 0.232 e. The van der Waals surface area contributed by atoms with E-state index in [-0.39, 0.29) is 17.6 Å². The molecule has 0 unspecified atom stereocenters. The topological polar surface area (TPSA) is 61.6 Å². The number of nitro groups is 1. The van der Waals surface area contributed by atoms with E-state index in [0.29, 0.717) is 12.5 Å². The SMILES string of the molecule is O=[N+]([O-])C[C@@H]1OCC[C@@H]2C[C@H]3C=C[C@]21O3. The molecule has 15 heavy (non-hydrogen) atoms. The van der Waals surface area contributed by atoms with E-state index in [0.717, 1.165) is 12.8 Å². The molecule has 0 aliphatic carbocycles. The Bertz CT molecular complexity index is 329. The first-order chi connectivity index (χ1) is 7.21. The van der Waals surface area contributed by atoms with Gasteiger partial charge in [-0.05, 0) is 18.8 Å². The molecule has 82 valence electrons. The Morgan fingerprint density at radius 3 is 3.20 bits per heavy atom. The Hall–Kier alpha value is -0.940. The highest BCUT2D eigenvalue weighted by Gasteiger charge is 2.58. The minimum atomic E-state index is -0.490. The van der Waals surface area contributed by atoms with Crippen molar-refractivity contribution in [2.24, 2.45) is 5.92 Å². The first-order valence-electron chi connectivity index (χ1n) is 5.31. The highest BCUT2D eigenvalue weighted by molar-refractivity contribution is 5.24. The Kier molecular flexibility index (Phi) is 1.87. The summed E-state index contributed by atoms with van der Waals surface area (Å²) in [4.78, 5) is 10.3. The first kappa shape index (κ1) is 9.30. The number of hydrogen-bond acceptors (Lipinski definition) is 4. The molecule has 2 fully saturated rings. The monoisotopic (exact) mass is 211 g/mol. The molecule has 1 spiro atoms. The van der Waals surface area contributed by atoms with Gasteiger partial charge >= 0.3 is 0 Å². The van der Waals surface area contributed by atoms with Crippen LogP contribution < -0.4 is 0 Å². The summed E-state index contributed by atoms with van der Waals surface area (Å²) in [5.74, 6) is 0.409. The van der Waals surface area contributed by atoms with Crippen LogP contribution in [0.4, 0.5) is 0 Å². The van der Waals surface area contributed by atoms with Crippen molar-refractivity contribution in [2.75, 3.05) is 13.2 Å². The van der Waals surface area contributed by atoms with Gasteiger partial charge in [-0.15, -0.1) is 0 Å². The molecule has 3 rings (SSSR count). The molecule has 0 amide bonds. The average Bonchev–Trinajstić information content (AvgIpc) is 2.74. The lowest BCUT2D eigenvalue weighted by Gasteiger charge is -2.39. The fourth-order valence-corrected chi connectivity index (χ4v) is 3.03. The van der Waals surface area contributed by atoms with Crippen molar-refractivity contribution in [3.05, 3.63) is 22.3 Å². The van der Waals surface area contributed by atoms with Gasteiger partial charge in [0.25, 0.3) is 0 Å². The maximum atomic E-state index is 10.6. The summed E-state index contributed by atoms with van der Waals surface area (Å²) < 4.78 is 11.3. The van der Waals surface area contributed by atoms with E-state index >= 15 is 0 Å². The lowest BCUT2D eigenvalue weighted by Crippen LogP contribution is -2.53. The van der Waals surface area contributed by atoms with Crippen molar-refractivity contribution in [2.45, 2.75) is 30.7 Å². The maximum absolute atomic E-state index is 10.6. The minimum absolute atomic E-state index is 0.158. The van der Waals surface area contributed by atoms with Crippen LogP contribution in [-0.4, -0.2) is 35.9 Å². The van der Waals surface area contributed by atoms with Gasteiger partial charge in [0.05, 0.1) is 6.10 Å². The second kappa shape index (κ2) is 3.02. The van der Waals surface area contributed by atoms with Crippen LogP contribution in [0.5, 0.6) is 0 Å². The predicted octanol–water partition coefficient (Wildman–Crippen LogP) is 0.766. The molecule has 0 radical (unpaired) electrons. The zero-order valence-corrected chi connectivity index (χ0v) is 8.30. The van der Waals surface area contributed by atoms with Crippen LogP contribution in [0.15, 0.2) is 12.2 Å². The van der Waals surface area contributed by atoms with E-state index in [9.17, 15) is 10.1 Å². The lowest BCUT2D eigenvalue weighted by molar-refractivity contribution is -0.497. The Balaban J connectivity index is 1.88. The number of nitrogens with zero attached hydrogens (tertiary/aromatic N) is 1. The number of hydrogen-bond donors (Lipinski definition) is 0. The van der Waals surface area contributed by atoms with Gasteiger partial charge in [-0.3, -0.25) is 10.1 Å². The molecule has 2 saturated heterocycles. The largest absolute Gasteiger partial charge is 0.368 e. The lowest BCUT2D eigenvalue weighted by atomic mass is 9.76. The summed E-state index contributed by atoms with van der Waals surface area (Å²) in [5, 5.41) is 10.6. The third-order valence-electron chi connectivity index (χ3n) is 3.69. The molecule has 0 N–H and O–H groups in total. The second-order valence-electron chi connectivity index (χ2n) is 4.47. The molecule has 2 bridgehead atoms. The summed E-state index contributed by atoms with van der Waals surface area (Å²) in [6.45, 7) is 0.461. The number of fused-ring (bicyclic) bond motifs is 1. The summed E-state index contributed by atoms with van der Waals surface area (Å²) in [7, 11) is 0. The molecule has 3 heterocycles. The fourth-order valence-electron chi connectivity index (χ4n) is 3.03. The van der Waals surface area contributed by atoms with Crippen LogP contribution in [-0.2, 0) is 9.47 Å². The van der Waals surface area contributed by atoms with Gasteiger partial charge < -0.3 is 9.47 Å². The highest BCUT2D eigenvalue weighted by atomic mass is 16.6. The van der Waals surface area contributed by atoms with Gasteiger partial charge in [0, 0.05) is 11.5 Å². The van der Waals surface area contributed by atoms with Crippen LogP contribution in [0.2, 0.25) is 0 Å². The zero-order valence-electron chi connectivity index (χ0n) is 8.30. The van der Waals surface area contributed by atoms with E-state index in [1.807, 2.05) is 12.2 Å². The zero-order chi connectivity index (χ0) is 10.5. The summed E-state index contributed by atoms with van der Waals surface area (Å²) >= 11 is 0. The van der Waals surface area contributed by atoms with Crippen molar-refractivity contribution in [1.29, 1.82) is 0 Å². The van der Waals surface area contributed by atoms with Crippen LogP contribution in [0.3, 0.4) is 0 Å². The molecule has 5 nitrogen and oxygen atoms in total. The van der Waals surface area contributed by atoms with Gasteiger partial charge in [-0.2, -0.15) is 0 Å². The predicted molar refractivity (Wildman–Crippen MR) is 51.1 cm³/mol. The molecule has 3 aliphatic heterocycles. The van der Waals surface area contributed by atoms with E-state index in [1.54, 1.807) is 0 Å². The standard InChI is InChI=1S/C10H13NO4/c12-11(13)6-9-10-3-1-8(15-10)5-7(10)2-4-14-9/h1,3,7-9H,2,4-6H2/t7-,8-,9+,10+/m1/s1. The fraction of sp³-hybridized carbons (Fsp3) is 0.800. The summed E-state index contributed by atoms with van der Waals surface area (Å²) in [6, 6.07) is 0. The second-order valence-corrected chi connectivity index (χ2v) is 4.47. The molecule has 5 heteroatoms. The molecule has 4 atom stereocenters. The van der Waals surface area contributed by atoms with Crippen molar-refractivity contribution in [3.63, 3.8) is 0 Å². The van der Waals surface area contributed by atoms with Crippen molar-refractivity contribution >= 4 is 0 Å². The Labute approximate surface area is 87.2 Å². The normalized spacial score (nSPS) is 46.8. The van der Waals surface area contributed by atoms with Crippen LogP contribution in [0.25, 0.3) is 0 Å².